The molecule has 1 N–H and O–H groups in total. The number of rotatable bonds is 10. The van der Waals surface area contributed by atoms with Gasteiger partial charge in [0.15, 0.2) is 0 Å². The third-order valence-corrected chi connectivity index (χ3v) is 6.41. The number of hydrogen-bond acceptors (Lipinski definition) is 5. The van der Waals surface area contributed by atoms with E-state index < -0.39 is 22.0 Å². The second kappa shape index (κ2) is 10.7. The summed E-state index contributed by atoms with van der Waals surface area (Å²) in [6.45, 7) is 6.23. The first-order valence-corrected chi connectivity index (χ1v) is 12.1. The van der Waals surface area contributed by atoms with Crippen LogP contribution in [0.1, 0.15) is 24.5 Å². The van der Waals surface area contributed by atoms with Gasteiger partial charge in [-0.15, -0.1) is 0 Å². The van der Waals surface area contributed by atoms with Gasteiger partial charge in [0.2, 0.25) is 15.9 Å². The van der Waals surface area contributed by atoms with Gasteiger partial charge in [-0.25, -0.2) is 8.42 Å². The number of halogens is 1. The summed E-state index contributed by atoms with van der Waals surface area (Å²) in [5.74, 6) is 0.760. The number of methoxy groups -OCH3 is 1. The molecular weight excluding hydrogens is 440 g/mol. The molecule has 0 aliphatic heterocycles. The summed E-state index contributed by atoms with van der Waals surface area (Å²) >= 11 is 6.17. The fraction of sp³-hybridized carbons (Fsp3) is 0.409. The number of carbonyl (C=O) groups is 1. The van der Waals surface area contributed by atoms with Crippen LogP contribution in [0.2, 0.25) is 5.02 Å². The molecule has 0 aliphatic rings. The maximum Gasteiger partial charge on any atom is 0.244 e. The van der Waals surface area contributed by atoms with E-state index in [4.69, 9.17) is 21.1 Å². The zero-order chi connectivity index (χ0) is 23.2. The van der Waals surface area contributed by atoms with Gasteiger partial charge in [-0.05, 0) is 55.7 Å². The molecule has 2 aromatic carbocycles. The average molecular weight is 469 g/mol. The van der Waals surface area contributed by atoms with E-state index in [0.717, 1.165) is 27.4 Å². The zero-order valence-corrected chi connectivity index (χ0v) is 20.0. The summed E-state index contributed by atoms with van der Waals surface area (Å²) < 4.78 is 37.0. The van der Waals surface area contributed by atoms with Crippen LogP contribution in [0.4, 0.5) is 5.69 Å². The Balaban J connectivity index is 2.12. The third-order valence-electron chi connectivity index (χ3n) is 4.93. The molecule has 1 atom stereocenters. The van der Waals surface area contributed by atoms with Gasteiger partial charge < -0.3 is 14.8 Å². The molecule has 9 heteroatoms. The molecule has 170 valence electrons. The van der Waals surface area contributed by atoms with Crippen LogP contribution in [0, 0.1) is 13.8 Å². The summed E-state index contributed by atoms with van der Waals surface area (Å²) in [6.07, 6.45) is 1.34. The lowest BCUT2D eigenvalue weighted by atomic mass is 10.1. The Bertz CT molecular complexity index is 1030. The Labute approximate surface area is 189 Å². The van der Waals surface area contributed by atoms with Gasteiger partial charge in [-0.2, -0.15) is 0 Å². The van der Waals surface area contributed by atoms with Crippen molar-refractivity contribution in [1.29, 1.82) is 0 Å². The minimum Gasteiger partial charge on any atom is -0.495 e. The van der Waals surface area contributed by atoms with Crippen LogP contribution in [0.15, 0.2) is 36.4 Å². The highest BCUT2D eigenvalue weighted by atomic mass is 35.5. The molecule has 7 nitrogen and oxygen atoms in total. The molecule has 0 fully saturated rings. The lowest BCUT2D eigenvalue weighted by Crippen LogP contribution is -2.50. The predicted octanol–water partition coefficient (Wildman–Crippen LogP) is 3.71. The van der Waals surface area contributed by atoms with Gasteiger partial charge in [-0.1, -0.05) is 30.7 Å². The predicted molar refractivity (Wildman–Crippen MR) is 124 cm³/mol. The molecule has 1 amide bonds. The number of carbonyl (C=O) groups excluding carboxylic acids is 1. The summed E-state index contributed by atoms with van der Waals surface area (Å²) in [4.78, 5) is 12.8. The Morgan fingerprint density at radius 3 is 2.48 bits per heavy atom. The quantitative estimate of drug-likeness (QED) is 0.537. The number of aryl methyl sites for hydroxylation is 1. The van der Waals surface area contributed by atoms with E-state index in [-0.39, 0.29) is 24.6 Å². The van der Waals surface area contributed by atoms with E-state index in [2.05, 4.69) is 5.32 Å². The molecule has 2 rings (SSSR count). The minimum absolute atomic E-state index is 0.240. The molecule has 2 aromatic rings. The maximum atomic E-state index is 12.8. The van der Waals surface area contributed by atoms with Gasteiger partial charge in [-0.3, -0.25) is 9.10 Å². The highest BCUT2D eigenvalue weighted by molar-refractivity contribution is 7.92. The van der Waals surface area contributed by atoms with Crippen molar-refractivity contribution in [2.24, 2.45) is 0 Å². The van der Waals surface area contributed by atoms with Crippen LogP contribution < -0.4 is 19.1 Å². The molecule has 31 heavy (non-hydrogen) atoms. The molecular formula is C22H29ClN2O5S. The van der Waals surface area contributed by atoms with Crippen molar-refractivity contribution < 1.29 is 22.7 Å². The lowest BCUT2D eigenvalue weighted by molar-refractivity contribution is -0.122. The van der Waals surface area contributed by atoms with E-state index in [1.807, 2.05) is 32.0 Å². The molecule has 0 radical (unpaired) electrons. The molecule has 0 spiro atoms. The fourth-order valence-electron chi connectivity index (χ4n) is 3.19. The van der Waals surface area contributed by atoms with Gasteiger partial charge in [0.05, 0.1) is 30.6 Å². The molecule has 0 saturated carbocycles. The molecule has 1 unspecified atom stereocenters. The van der Waals surface area contributed by atoms with E-state index in [1.165, 1.54) is 13.2 Å². The summed E-state index contributed by atoms with van der Waals surface area (Å²) in [5, 5.41) is 3.03. The fourth-order valence-corrected chi connectivity index (χ4v) is 4.64. The van der Waals surface area contributed by atoms with E-state index in [1.54, 1.807) is 19.1 Å². The standard InChI is InChI=1S/C22H29ClN2O5S/c1-6-19(22(26)24-12-13-30-20-9-7-8-15(2)16(20)3)25(31(5,27)28)17-10-11-21(29-4)18(23)14-17/h7-11,14,19H,6,12-13H2,1-5H3,(H,24,26). The van der Waals surface area contributed by atoms with Crippen molar-refractivity contribution in [3.05, 3.63) is 52.5 Å². The average Bonchev–Trinajstić information content (AvgIpc) is 2.71. The number of sulfonamides is 1. The van der Waals surface area contributed by atoms with Crippen LogP contribution in [-0.4, -0.2) is 46.9 Å². The number of anilines is 1. The zero-order valence-electron chi connectivity index (χ0n) is 18.4. The summed E-state index contributed by atoms with van der Waals surface area (Å²) in [7, 11) is -2.28. The van der Waals surface area contributed by atoms with E-state index in [0.29, 0.717) is 11.4 Å². The van der Waals surface area contributed by atoms with Crippen molar-refractivity contribution in [3.8, 4) is 11.5 Å². The van der Waals surface area contributed by atoms with Gasteiger partial charge in [0, 0.05) is 0 Å². The first kappa shape index (κ1) is 24.8. The highest BCUT2D eigenvalue weighted by Crippen LogP contribution is 2.31. The largest absolute Gasteiger partial charge is 0.495 e. The molecule has 0 aromatic heterocycles. The summed E-state index contributed by atoms with van der Waals surface area (Å²) in [5.41, 5.74) is 2.45. The molecule has 0 aliphatic carbocycles. The Morgan fingerprint density at radius 2 is 1.90 bits per heavy atom. The molecule has 0 heterocycles. The number of ether oxygens (including phenoxy) is 2. The summed E-state index contributed by atoms with van der Waals surface area (Å²) in [6, 6.07) is 9.46. The van der Waals surface area contributed by atoms with Crippen LogP contribution in [0.5, 0.6) is 11.5 Å². The van der Waals surface area contributed by atoms with Crippen molar-refractivity contribution >= 4 is 33.2 Å². The second-order valence-corrected chi connectivity index (χ2v) is 9.41. The number of hydrogen-bond donors (Lipinski definition) is 1. The van der Waals surface area contributed by atoms with Gasteiger partial charge in [0.25, 0.3) is 0 Å². The van der Waals surface area contributed by atoms with Crippen molar-refractivity contribution in [1.82, 2.24) is 5.32 Å². The Kier molecular flexibility index (Phi) is 8.59. The first-order valence-electron chi connectivity index (χ1n) is 9.89. The maximum absolute atomic E-state index is 12.8. The first-order chi connectivity index (χ1) is 14.6. The molecule has 0 saturated heterocycles. The number of amides is 1. The topological polar surface area (TPSA) is 84.9 Å². The van der Waals surface area contributed by atoms with Crippen LogP contribution >= 0.6 is 11.6 Å². The highest BCUT2D eigenvalue weighted by Gasteiger charge is 2.31. The Morgan fingerprint density at radius 1 is 1.19 bits per heavy atom. The Hall–Kier alpha value is -2.45. The van der Waals surface area contributed by atoms with Gasteiger partial charge in [0.1, 0.15) is 24.1 Å². The SMILES string of the molecule is CCC(C(=O)NCCOc1cccc(C)c1C)N(c1ccc(OC)c(Cl)c1)S(C)(=O)=O. The normalized spacial score (nSPS) is 12.2. The molecule has 0 bridgehead atoms. The lowest BCUT2D eigenvalue weighted by Gasteiger charge is -2.30. The van der Waals surface area contributed by atoms with Crippen LogP contribution in [-0.2, 0) is 14.8 Å². The number of benzene rings is 2. The van der Waals surface area contributed by atoms with E-state index in [9.17, 15) is 13.2 Å². The van der Waals surface area contributed by atoms with Crippen molar-refractivity contribution in [2.45, 2.75) is 33.2 Å². The van der Waals surface area contributed by atoms with Crippen molar-refractivity contribution in [2.75, 3.05) is 30.8 Å². The number of nitrogens with one attached hydrogen (secondary N) is 1. The van der Waals surface area contributed by atoms with Gasteiger partial charge >= 0.3 is 0 Å². The monoisotopic (exact) mass is 468 g/mol. The van der Waals surface area contributed by atoms with E-state index >= 15 is 0 Å². The second-order valence-electron chi connectivity index (χ2n) is 7.14. The van der Waals surface area contributed by atoms with Crippen LogP contribution in [0.3, 0.4) is 0 Å². The third kappa shape index (κ3) is 6.27. The smallest absolute Gasteiger partial charge is 0.244 e. The van der Waals surface area contributed by atoms with Crippen molar-refractivity contribution in [3.63, 3.8) is 0 Å². The van der Waals surface area contributed by atoms with Crippen LogP contribution in [0.25, 0.3) is 0 Å². The minimum atomic E-state index is -3.75. The number of nitrogens with zero attached hydrogens (tertiary/aromatic N) is 1.